The predicted molar refractivity (Wildman–Crippen MR) is 68.8 cm³/mol. The largest absolute Gasteiger partial charge is 0.345 e. The molecule has 0 saturated carbocycles. The van der Waals surface area contributed by atoms with Crippen molar-refractivity contribution < 1.29 is 0 Å². The predicted octanol–water partition coefficient (Wildman–Crippen LogP) is 2.93. The Balaban J connectivity index is 2.73. The molecule has 0 fully saturated rings. The van der Waals surface area contributed by atoms with E-state index >= 15 is 0 Å². The van der Waals surface area contributed by atoms with Gasteiger partial charge in [-0.3, -0.25) is 0 Å². The molecule has 0 bridgehead atoms. The molecule has 1 aromatic heterocycles. The molecule has 0 saturated heterocycles. The van der Waals surface area contributed by atoms with Gasteiger partial charge in [0, 0.05) is 14.5 Å². The summed E-state index contributed by atoms with van der Waals surface area (Å²) in [5, 5.41) is 1.93. The minimum Gasteiger partial charge on any atom is -0.345 e. The van der Waals surface area contributed by atoms with Crippen LogP contribution in [0, 0.1) is 3.57 Å². The summed E-state index contributed by atoms with van der Waals surface area (Å²) >= 11 is 8.42. The van der Waals surface area contributed by atoms with Gasteiger partial charge in [-0.1, -0.05) is 17.7 Å². The van der Waals surface area contributed by atoms with Crippen molar-refractivity contribution in [2.45, 2.75) is 6.42 Å². The molecule has 74 valence electrons. The number of nitrogens with one attached hydrogen (secondary N) is 1. The smallest absolute Gasteiger partial charge is 0.110 e. The van der Waals surface area contributed by atoms with Crippen molar-refractivity contribution in [3.05, 3.63) is 32.5 Å². The Labute approximate surface area is 101 Å². The molecule has 0 aliphatic heterocycles. The van der Waals surface area contributed by atoms with Crippen molar-refractivity contribution in [1.29, 1.82) is 0 Å². The molecule has 2 aromatic rings. The first-order chi connectivity index (χ1) is 6.74. The first-order valence-electron chi connectivity index (χ1n) is 4.38. The Morgan fingerprint density at radius 2 is 2.21 bits per heavy atom. The van der Waals surface area contributed by atoms with Gasteiger partial charge in [-0.05, 0) is 53.3 Å². The van der Waals surface area contributed by atoms with E-state index in [1.165, 1.54) is 8.96 Å². The maximum absolute atomic E-state index is 6.10. The minimum absolute atomic E-state index is 0.623. The number of nitrogens with two attached hydrogens (primary N) is 1. The highest BCUT2D eigenvalue weighted by atomic mass is 127. The average Bonchev–Trinajstić information content (AvgIpc) is 2.45. The lowest BCUT2D eigenvalue weighted by atomic mass is 10.1. The third-order valence-corrected chi connectivity index (χ3v) is 3.44. The molecule has 0 spiro atoms. The molecular formula is C10H10ClIN2. The summed E-state index contributed by atoms with van der Waals surface area (Å²) in [6.07, 6.45) is 0.818. The van der Waals surface area contributed by atoms with Gasteiger partial charge < -0.3 is 10.7 Å². The van der Waals surface area contributed by atoms with Crippen LogP contribution in [0.5, 0.6) is 0 Å². The van der Waals surface area contributed by atoms with E-state index < -0.39 is 0 Å². The van der Waals surface area contributed by atoms with Crippen molar-refractivity contribution in [3.8, 4) is 0 Å². The molecular weight excluding hydrogens is 310 g/mol. The number of benzene rings is 1. The van der Waals surface area contributed by atoms with E-state index in [0.717, 1.165) is 22.7 Å². The van der Waals surface area contributed by atoms with Gasteiger partial charge >= 0.3 is 0 Å². The number of fused-ring (bicyclic) bond motifs is 1. The maximum Gasteiger partial charge on any atom is 0.110 e. The van der Waals surface area contributed by atoms with Gasteiger partial charge in [0.15, 0.2) is 0 Å². The lowest BCUT2D eigenvalue weighted by Crippen LogP contribution is -2.02. The molecule has 0 aliphatic carbocycles. The number of halogens is 2. The van der Waals surface area contributed by atoms with Gasteiger partial charge in [0.1, 0.15) is 5.15 Å². The molecule has 3 N–H and O–H groups in total. The second kappa shape index (κ2) is 4.08. The summed E-state index contributed by atoms with van der Waals surface area (Å²) in [4.78, 5) is 3.16. The van der Waals surface area contributed by atoms with E-state index in [1.54, 1.807) is 0 Å². The van der Waals surface area contributed by atoms with Crippen LogP contribution in [0.2, 0.25) is 5.15 Å². The molecule has 1 heterocycles. The van der Waals surface area contributed by atoms with E-state index in [4.69, 9.17) is 17.3 Å². The topological polar surface area (TPSA) is 41.8 Å². The highest BCUT2D eigenvalue weighted by Gasteiger charge is 2.10. The number of H-pyrrole nitrogens is 1. The lowest BCUT2D eigenvalue weighted by molar-refractivity contribution is 0.976. The van der Waals surface area contributed by atoms with Crippen LogP contribution < -0.4 is 5.73 Å². The van der Waals surface area contributed by atoms with Crippen LogP contribution in [-0.2, 0) is 6.42 Å². The zero-order chi connectivity index (χ0) is 10.1. The number of rotatable bonds is 2. The molecule has 2 nitrogen and oxygen atoms in total. The molecule has 2 rings (SSSR count). The summed E-state index contributed by atoms with van der Waals surface area (Å²) in [6, 6.07) is 6.12. The van der Waals surface area contributed by atoms with Crippen molar-refractivity contribution in [2.24, 2.45) is 5.73 Å². The summed E-state index contributed by atoms with van der Waals surface area (Å²) in [6.45, 7) is 0.623. The molecule has 14 heavy (non-hydrogen) atoms. The Morgan fingerprint density at radius 1 is 1.43 bits per heavy atom. The van der Waals surface area contributed by atoms with E-state index in [1.807, 2.05) is 12.1 Å². The van der Waals surface area contributed by atoms with Gasteiger partial charge in [-0.15, -0.1) is 0 Å². The molecule has 0 amide bonds. The fraction of sp³-hybridized carbons (Fsp3) is 0.200. The first kappa shape index (κ1) is 10.3. The normalized spacial score (nSPS) is 11.1. The molecule has 4 heteroatoms. The molecule has 0 radical (unpaired) electrons. The van der Waals surface area contributed by atoms with Crippen LogP contribution in [0.25, 0.3) is 10.9 Å². The average molecular weight is 321 g/mol. The summed E-state index contributed by atoms with van der Waals surface area (Å²) in [5.74, 6) is 0. The van der Waals surface area contributed by atoms with Crippen LogP contribution in [0.3, 0.4) is 0 Å². The highest BCUT2D eigenvalue weighted by Crippen LogP contribution is 2.29. The zero-order valence-corrected chi connectivity index (χ0v) is 10.4. The first-order valence-corrected chi connectivity index (χ1v) is 5.84. The molecule has 0 atom stereocenters. The van der Waals surface area contributed by atoms with Crippen molar-refractivity contribution in [3.63, 3.8) is 0 Å². The monoisotopic (exact) mass is 320 g/mol. The van der Waals surface area contributed by atoms with E-state index in [0.29, 0.717) is 6.54 Å². The lowest BCUT2D eigenvalue weighted by Gasteiger charge is -1.99. The zero-order valence-electron chi connectivity index (χ0n) is 7.48. The van der Waals surface area contributed by atoms with Crippen molar-refractivity contribution >= 4 is 45.1 Å². The van der Waals surface area contributed by atoms with Gasteiger partial charge in [0.25, 0.3) is 0 Å². The Morgan fingerprint density at radius 3 is 2.93 bits per heavy atom. The SMILES string of the molecule is NCCc1c(Cl)[nH]c2cccc(I)c12. The van der Waals surface area contributed by atoms with Crippen molar-refractivity contribution in [1.82, 2.24) is 4.98 Å². The maximum atomic E-state index is 6.10. The summed E-state index contributed by atoms with van der Waals surface area (Å²) in [7, 11) is 0. The van der Waals surface area contributed by atoms with Gasteiger partial charge in [-0.2, -0.15) is 0 Å². The van der Waals surface area contributed by atoms with E-state index in [-0.39, 0.29) is 0 Å². The van der Waals surface area contributed by atoms with Crippen LogP contribution in [0.4, 0.5) is 0 Å². The number of hydrogen-bond donors (Lipinski definition) is 2. The Bertz CT molecular complexity index is 464. The standard InChI is InChI=1S/C10H10ClIN2/c11-10-6(4-5-13)9-7(12)2-1-3-8(9)14-10/h1-3,14H,4-5,13H2. The van der Waals surface area contributed by atoms with Crippen LogP contribution in [0.1, 0.15) is 5.56 Å². The van der Waals surface area contributed by atoms with E-state index in [9.17, 15) is 0 Å². The number of aromatic nitrogens is 1. The van der Waals surface area contributed by atoms with Gasteiger partial charge in [-0.25, -0.2) is 0 Å². The summed E-state index contributed by atoms with van der Waals surface area (Å²) in [5.41, 5.74) is 7.78. The quantitative estimate of drug-likeness (QED) is 0.821. The van der Waals surface area contributed by atoms with Crippen LogP contribution in [0.15, 0.2) is 18.2 Å². The molecule has 1 aromatic carbocycles. The fourth-order valence-corrected chi connectivity index (χ4v) is 2.73. The number of aromatic amines is 1. The van der Waals surface area contributed by atoms with Gasteiger partial charge in [0.2, 0.25) is 0 Å². The molecule has 0 aliphatic rings. The minimum atomic E-state index is 0.623. The fourth-order valence-electron chi connectivity index (χ4n) is 1.62. The third-order valence-electron chi connectivity index (χ3n) is 2.22. The van der Waals surface area contributed by atoms with Crippen LogP contribution in [-0.4, -0.2) is 11.5 Å². The second-order valence-electron chi connectivity index (χ2n) is 3.12. The summed E-state index contributed by atoms with van der Waals surface area (Å²) < 4.78 is 1.21. The van der Waals surface area contributed by atoms with Gasteiger partial charge in [0.05, 0.1) is 0 Å². The Hall–Kier alpha value is -0.260. The molecule has 0 unspecified atom stereocenters. The third kappa shape index (κ3) is 1.64. The van der Waals surface area contributed by atoms with Crippen molar-refractivity contribution in [2.75, 3.05) is 6.54 Å². The van der Waals surface area contributed by atoms with Crippen LogP contribution >= 0.6 is 34.2 Å². The Kier molecular flexibility index (Phi) is 2.99. The van der Waals surface area contributed by atoms with E-state index in [2.05, 4.69) is 33.6 Å². The highest BCUT2D eigenvalue weighted by molar-refractivity contribution is 14.1. The second-order valence-corrected chi connectivity index (χ2v) is 4.66. The number of hydrogen-bond acceptors (Lipinski definition) is 1.